The van der Waals surface area contributed by atoms with Gasteiger partial charge in [-0.3, -0.25) is 5.32 Å². The molecule has 0 atom stereocenters. The first kappa shape index (κ1) is 19.9. The Hall–Kier alpha value is -2.89. The Balaban J connectivity index is 2.15. The number of carbonyl (C=O) groups excluding carboxylic acids is 1. The van der Waals surface area contributed by atoms with Gasteiger partial charge in [-0.25, -0.2) is 14.8 Å². The number of halogens is 3. The molecule has 3 aromatic heterocycles. The average molecular weight is 411 g/mol. The van der Waals surface area contributed by atoms with Crippen molar-refractivity contribution < 1.29 is 18.0 Å². The molecule has 0 saturated heterocycles. The van der Waals surface area contributed by atoms with Crippen LogP contribution >= 0.6 is 11.8 Å². The number of amides is 2. The maximum absolute atomic E-state index is 12.9. The minimum Gasteiger partial charge on any atom is -0.341 e. The Kier molecular flexibility index (Phi) is 5.40. The summed E-state index contributed by atoms with van der Waals surface area (Å²) in [6, 6.07) is 3.82. The summed E-state index contributed by atoms with van der Waals surface area (Å²) in [6.07, 6.45) is -4.61. The van der Waals surface area contributed by atoms with E-state index in [0.717, 1.165) is 16.7 Å². The van der Waals surface area contributed by atoms with Gasteiger partial charge in [-0.1, -0.05) is 6.92 Å². The number of aryl methyl sites for hydroxylation is 1. The van der Waals surface area contributed by atoms with E-state index in [9.17, 15) is 18.0 Å². The average Bonchev–Trinajstić information content (AvgIpc) is 2.98. The number of imidazole rings is 1. The molecule has 0 spiro atoms. The van der Waals surface area contributed by atoms with Gasteiger partial charge < -0.3 is 9.88 Å². The number of fused-ring (bicyclic) bond motifs is 1. The van der Waals surface area contributed by atoms with Crippen molar-refractivity contribution >= 4 is 34.8 Å². The van der Waals surface area contributed by atoms with Crippen LogP contribution in [0.1, 0.15) is 12.6 Å². The van der Waals surface area contributed by atoms with Crippen molar-refractivity contribution in [3.05, 3.63) is 23.9 Å². The van der Waals surface area contributed by atoms with Crippen LogP contribution in [0.5, 0.6) is 0 Å². The number of carbonyl (C=O) groups is 1. The normalized spacial score (nSPS) is 11.6. The lowest BCUT2D eigenvalue weighted by Crippen LogP contribution is -2.25. The number of nitrogens with one attached hydrogen (secondary N) is 2. The van der Waals surface area contributed by atoms with E-state index in [0.29, 0.717) is 11.5 Å². The van der Waals surface area contributed by atoms with Gasteiger partial charge in [0.25, 0.3) is 0 Å². The summed E-state index contributed by atoms with van der Waals surface area (Å²) < 4.78 is 40.3. The molecule has 0 aliphatic rings. The minimum absolute atomic E-state index is 0.0544. The van der Waals surface area contributed by atoms with Crippen molar-refractivity contribution in [2.24, 2.45) is 7.05 Å². The molecule has 0 aliphatic heterocycles. The zero-order valence-corrected chi connectivity index (χ0v) is 15.9. The number of nitrogens with zero attached hydrogens (tertiary/aromatic N) is 5. The fourth-order valence-corrected chi connectivity index (χ4v) is 3.21. The summed E-state index contributed by atoms with van der Waals surface area (Å²) in [4.78, 5) is 21.1. The number of thioether (sulfide) groups is 1. The summed E-state index contributed by atoms with van der Waals surface area (Å²) in [5, 5.41) is 11.9. The lowest BCUT2D eigenvalue weighted by molar-refractivity contribution is -0.141. The largest absolute Gasteiger partial charge is 0.435 e. The van der Waals surface area contributed by atoms with Crippen LogP contribution in [0.2, 0.25) is 0 Å². The third kappa shape index (κ3) is 3.86. The van der Waals surface area contributed by atoms with Crippen LogP contribution < -0.4 is 10.6 Å². The molecule has 0 saturated carbocycles. The molecule has 3 aromatic rings. The molecular weight excluding hydrogens is 395 g/mol. The van der Waals surface area contributed by atoms with Gasteiger partial charge in [-0.05, 0) is 17.9 Å². The molecule has 0 fully saturated rings. The van der Waals surface area contributed by atoms with Gasteiger partial charge in [0.1, 0.15) is 17.0 Å². The van der Waals surface area contributed by atoms with Gasteiger partial charge in [-0.2, -0.15) is 13.2 Å². The Bertz CT molecular complexity index is 1030. The van der Waals surface area contributed by atoms with Crippen molar-refractivity contribution in [1.29, 1.82) is 0 Å². The van der Waals surface area contributed by atoms with E-state index in [4.69, 9.17) is 0 Å². The summed E-state index contributed by atoms with van der Waals surface area (Å²) in [5.41, 5.74) is -0.439. The highest BCUT2D eigenvalue weighted by atomic mass is 32.2. The maximum Gasteiger partial charge on any atom is 0.435 e. The Morgan fingerprint density at radius 1 is 1.25 bits per heavy atom. The SMILES string of the molecule is CCSc1ccc(NC(=O)NC)nc1-c1nc2cc(C(F)(F)F)nnc2n1C. The first-order chi connectivity index (χ1) is 13.2. The molecule has 12 heteroatoms. The molecular formula is C16H16F3N7OS. The molecule has 28 heavy (non-hydrogen) atoms. The summed E-state index contributed by atoms with van der Waals surface area (Å²) in [5.74, 6) is 1.35. The number of pyridine rings is 1. The van der Waals surface area contributed by atoms with Crippen LogP contribution in [0.25, 0.3) is 22.7 Å². The molecule has 0 unspecified atom stereocenters. The van der Waals surface area contributed by atoms with Gasteiger partial charge in [0, 0.05) is 25.1 Å². The molecule has 3 rings (SSSR count). The van der Waals surface area contributed by atoms with Crippen molar-refractivity contribution in [3.63, 3.8) is 0 Å². The van der Waals surface area contributed by atoms with Gasteiger partial charge in [0.05, 0.1) is 0 Å². The van der Waals surface area contributed by atoms with Crippen LogP contribution in [-0.4, -0.2) is 43.6 Å². The van der Waals surface area contributed by atoms with Crippen LogP contribution in [-0.2, 0) is 13.2 Å². The zero-order chi connectivity index (χ0) is 20.5. The second-order valence-corrected chi connectivity index (χ2v) is 6.92. The fraction of sp³-hybridized carbons (Fsp3) is 0.312. The first-order valence-corrected chi connectivity index (χ1v) is 9.13. The minimum atomic E-state index is -4.61. The fourth-order valence-electron chi connectivity index (χ4n) is 2.46. The lowest BCUT2D eigenvalue weighted by Gasteiger charge is -2.10. The molecule has 148 valence electrons. The van der Waals surface area contributed by atoms with E-state index in [-0.39, 0.29) is 17.0 Å². The highest BCUT2D eigenvalue weighted by molar-refractivity contribution is 7.99. The van der Waals surface area contributed by atoms with E-state index in [1.807, 2.05) is 6.92 Å². The van der Waals surface area contributed by atoms with E-state index >= 15 is 0 Å². The second-order valence-electron chi connectivity index (χ2n) is 5.61. The quantitative estimate of drug-likeness (QED) is 0.640. The number of anilines is 1. The molecule has 2 N–H and O–H groups in total. The van der Waals surface area contributed by atoms with Crippen molar-refractivity contribution in [2.45, 2.75) is 18.0 Å². The standard InChI is InChI=1S/C16H16F3N7OS/c1-4-28-9-5-6-11(23-15(27)20-2)22-12(9)14-21-8-7-10(16(17,18)19)24-25-13(8)26(14)3/h5-7H,4H2,1-3H3,(H2,20,22,23,27). The molecule has 0 radical (unpaired) electrons. The van der Waals surface area contributed by atoms with Gasteiger partial charge in [0.2, 0.25) is 0 Å². The number of alkyl halides is 3. The summed E-state index contributed by atoms with van der Waals surface area (Å²) in [7, 11) is 3.09. The van der Waals surface area contributed by atoms with E-state index in [2.05, 4.69) is 30.8 Å². The monoisotopic (exact) mass is 411 g/mol. The number of urea groups is 1. The third-order valence-corrected chi connectivity index (χ3v) is 4.67. The summed E-state index contributed by atoms with van der Waals surface area (Å²) >= 11 is 1.50. The smallest absolute Gasteiger partial charge is 0.341 e. The van der Waals surface area contributed by atoms with E-state index < -0.39 is 17.9 Å². The molecule has 3 heterocycles. The Morgan fingerprint density at radius 2 is 2.00 bits per heavy atom. The molecule has 0 bridgehead atoms. The van der Waals surface area contributed by atoms with Gasteiger partial charge in [0.15, 0.2) is 17.2 Å². The first-order valence-electron chi connectivity index (χ1n) is 8.15. The maximum atomic E-state index is 12.9. The zero-order valence-electron chi connectivity index (χ0n) is 15.1. The van der Waals surface area contributed by atoms with Gasteiger partial charge >= 0.3 is 12.2 Å². The van der Waals surface area contributed by atoms with Gasteiger partial charge in [-0.15, -0.1) is 22.0 Å². The highest BCUT2D eigenvalue weighted by Crippen LogP contribution is 2.33. The van der Waals surface area contributed by atoms with Crippen LogP contribution in [0.4, 0.5) is 23.8 Å². The summed E-state index contributed by atoms with van der Waals surface area (Å²) in [6.45, 7) is 1.96. The lowest BCUT2D eigenvalue weighted by atomic mass is 10.3. The van der Waals surface area contributed by atoms with Crippen LogP contribution in [0.15, 0.2) is 23.1 Å². The highest BCUT2D eigenvalue weighted by Gasteiger charge is 2.34. The predicted octanol–water partition coefficient (Wildman–Crippen LogP) is 3.31. The van der Waals surface area contributed by atoms with Crippen molar-refractivity contribution in [1.82, 2.24) is 30.0 Å². The number of aromatic nitrogens is 5. The van der Waals surface area contributed by atoms with E-state index in [1.54, 1.807) is 19.2 Å². The third-order valence-electron chi connectivity index (χ3n) is 3.75. The molecule has 0 aliphatic carbocycles. The second kappa shape index (κ2) is 7.62. The number of hydrogen-bond acceptors (Lipinski definition) is 6. The molecule has 0 aromatic carbocycles. The van der Waals surface area contributed by atoms with Crippen molar-refractivity contribution in [2.75, 3.05) is 18.1 Å². The van der Waals surface area contributed by atoms with Crippen LogP contribution in [0, 0.1) is 0 Å². The van der Waals surface area contributed by atoms with E-state index in [1.165, 1.54) is 23.4 Å². The molecule has 2 amide bonds. The van der Waals surface area contributed by atoms with Crippen molar-refractivity contribution in [3.8, 4) is 11.5 Å². The number of hydrogen-bond donors (Lipinski definition) is 2. The predicted molar refractivity (Wildman–Crippen MR) is 99.0 cm³/mol. The topological polar surface area (TPSA) is 97.6 Å². The molecule has 8 nitrogen and oxygen atoms in total. The Morgan fingerprint density at radius 3 is 2.64 bits per heavy atom. The number of rotatable bonds is 4. The Labute approximate surface area is 162 Å². The van der Waals surface area contributed by atoms with Crippen LogP contribution in [0.3, 0.4) is 0 Å².